The fraction of sp³-hybridized carbons (Fsp3) is 0.458. The molecule has 0 unspecified atom stereocenters. The average molecular weight is 401 g/mol. The molecule has 0 radical (unpaired) electrons. The summed E-state index contributed by atoms with van der Waals surface area (Å²) in [6.45, 7) is 7.43. The number of ether oxygens (including phenoxy) is 3. The normalized spacial score (nSPS) is 16.4. The zero-order valence-corrected chi connectivity index (χ0v) is 17.9. The first-order valence-corrected chi connectivity index (χ1v) is 9.84. The molecular formula is C24H33NO4. The molecule has 0 bridgehead atoms. The van der Waals surface area contributed by atoms with Crippen molar-refractivity contribution in [2.45, 2.75) is 57.9 Å². The Balaban J connectivity index is 2.37. The van der Waals surface area contributed by atoms with Gasteiger partial charge in [-0.25, -0.2) is 0 Å². The van der Waals surface area contributed by atoms with Crippen molar-refractivity contribution >= 4 is 5.97 Å². The highest BCUT2D eigenvalue weighted by atomic mass is 16.7. The number of hydrogen-bond donors (Lipinski definition) is 1. The van der Waals surface area contributed by atoms with E-state index >= 15 is 0 Å². The molecule has 0 fully saturated rings. The number of methoxy groups -OCH3 is 1. The Morgan fingerprint density at radius 1 is 1.03 bits per heavy atom. The monoisotopic (exact) mass is 400 g/mol. The van der Waals surface area contributed by atoms with Crippen LogP contribution in [0.15, 0.2) is 60.7 Å². The minimum absolute atomic E-state index is 0.0402. The third-order valence-electron chi connectivity index (χ3n) is 4.28. The van der Waals surface area contributed by atoms with Crippen molar-refractivity contribution in [1.82, 2.24) is 5.32 Å². The van der Waals surface area contributed by atoms with E-state index in [-0.39, 0.29) is 12.8 Å². The van der Waals surface area contributed by atoms with E-state index in [0.717, 1.165) is 11.1 Å². The second-order valence-electron chi connectivity index (χ2n) is 7.93. The van der Waals surface area contributed by atoms with E-state index in [4.69, 9.17) is 15.6 Å². The number of benzene rings is 2. The van der Waals surface area contributed by atoms with Gasteiger partial charge in [0.15, 0.2) is 0 Å². The smallest absolute Gasteiger partial charge is 0.308 e. The Morgan fingerprint density at radius 3 is 2.10 bits per heavy atom. The molecule has 0 aliphatic heterocycles. The Morgan fingerprint density at radius 2 is 1.59 bits per heavy atom. The molecule has 0 aliphatic rings. The van der Waals surface area contributed by atoms with Gasteiger partial charge < -0.3 is 19.5 Å². The van der Waals surface area contributed by atoms with Crippen molar-refractivity contribution in [2.24, 2.45) is 0 Å². The van der Waals surface area contributed by atoms with Crippen molar-refractivity contribution in [3.8, 4) is 0 Å². The van der Waals surface area contributed by atoms with E-state index in [1.165, 1.54) is 0 Å². The van der Waals surface area contributed by atoms with Crippen LogP contribution in [0.5, 0.6) is 0 Å². The lowest BCUT2D eigenvalue weighted by Gasteiger charge is -2.31. The van der Waals surface area contributed by atoms with Gasteiger partial charge in [-0.2, -0.15) is 0 Å². The van der Waals surface area contributed by atoms with Crippen LogP contribution in [0, 0.1) is 0 Å². The number of carbonyl (C=O) groups is 1. The van der Waals surface area contributed by atoms with Gasteiger partial charge in [-0.05, 0) is 38.8 Å². The average Bonchev–Trinajstić information content (AvgIpc) is 2.72. The summed E-state index contributed by atoms with van der Waals surface area (Å²) >= 11 is 0. The topological polar surface area (TPSA) is 56.8 Å². The molecule has 0 amide bonds. The molecule has 1 N–H and O–H groups in total. The standard InChI is InChI=1S/C24H33NO4/c1-18(19-12-8-6-9-13-19)25-21(16-22(26)29-24(2,3)4)23(28-17-27-5)20-14-10-7-11-15-20/h6-15,18,21,23,25H,16-17H2,1-5H3/t18-,21-,23-/m0/s1/i16D/t16-,18+,21+,23+/m1. The summed E-state index contributed by atoms with van der Waals surface area (Å²) in [7, 11) is 1.54. The predicted octanol–water partition coefficient (Wildman–Crippen LogP) is 4.80. The molecular weight excluding hydrogens is 366 g/mol. The number of esters is 1. The summed E-state index contributed by atoms with van der Waals surface area (Å²) in [5.41, 5.74) is 1.23. The Hall–Kier alpha value is -2.21. The molecule has 0 spiro atoms. The lowest BCUT2D eigenvalue weighted by molar-refractivity contribution is -0.157. The second-order valence-corrected chi connectivity index (χ2v) is 7.93. The van der Waals surface area contributed by atoms with Crippen LogP contribution < -0.4 is 5.32 Å². The summed E-state index contributed by atoms with van der Waals surface area (Å²) in [5.74, 6) is -0.595. The van der Waals surface area contributed by atoms with Gasteiger partial charge in [-0.3, -0.25) is 4.79 Å². The van der Waals surface area contributed by atoms with E-state index in [1.54, 1.807) is 27.9 Å². The molecule has 0 saturated heterocycles. The Bertz CT molecular complexity index is 764. The third kappa shape index (κ3) is 7.97. The highest BCUT2D eigenvalue weighted by Crippen LogP contribution is 2.27. The molecule has 0 aromatic heterocycles. The van der Waals surface area contributed by atoms with Crippen molar-refractivity contribution in [3.05, 3.63) is 71.8 Å². The minimum atomic E-state index is -1.20. The molecule has 2 aromatic carbocycles. The maximum atomic E-state index is 12.8. The number of nitrogens with one attached hydrogen (secondary N) is 1. The first-order chi connectivity index (χ1) is 14.2. The molecule has 4 atom stereocenters. The molecule has 0 aliphatic carbocycles. The summed E-state index contributed by atoms with van der Waals surface area (Å²) in [6.07, 6.45) is -1.77. The molecule has 0 saturated carbocycles. The largest absolute Gasteiger partial charge is 0.460 e. The van der Waals surface area contributed by atoms with Crippen molar-refractivity contribution < 1.29 is 20.4 Å². The SMILES string of the molecule is [2H][C@@H](C(=O)OC(C)(C)C)[C@H](N[C@@H](C)c1ccccc1)[C@@H](OCOC)c1ccccc1. The third-order valence-corrected chi connectivity index (χ3v) is 4.28. The van der Waals surface area contributed by atoms with E-state index in [1.807, 2.05) is 67.6 Å². The molecule has 5 nitrogen and oxygen atoms in total. The van der Waals surface area contributed by atoms with Crippen molar-refractivity contribution in [2.75, 3.05) is 13.9 Å². The van der Waals surface area contributed by atoms with Crippen LogP contribution in [0.2, 0.25) is 0 Å². The van der Waals surface area contributed by atoms with Crippen LogP contribution >= 0.6 is 0 Å². The van der Waals surface area contributed by atoms with Gasteiger partial charge in [0.05, 0.1) is 6.40 Å². The molecule has 158 valence electrons. The predicted molar refractivity (Wildman–Crippen MR) is 114 cm³/mol. The fourth-order valence-electron chi connectivity index (χ4n) is 3.02. The highest BCUT2D eigenvalue weighted by Gasteiger charge is 2.30. The quantitative estimate of drug-likeness (QED) is 0.459. The van der Waals surface area contributed by atoms with Crippen LogP contribution in [-0.4, -0.2) is 31.5 Å². The highest BCUT2D eigenvalue weighted by molar-refractivity contribution is 5.70. The lowest BCUT2D eigenvalue weighted by Crippen LogP contribution is -2.41. The number of hydrogen-bond acceptors (Lipinski definition) is 5. The van der Waals surface area contributed by atoms with Crippen LogP contribution in [-0.2, 0) is 19.0 Å². The fourth-order valence-corrected chi connectivity index (χ4v) is 3.02. The molecule has 2 rings (SSSR count). The van der Waals surface area contributed by atoms with E-state index < -0.39 is 30.1 Å². The second kappa shape index (κ2) is 11.1. The number of rotatable bonds is 10. The van der Waals surface area contributed by atoms with Gasteiger partial charge in [0.25, 0.3) is 0 Å². The summed E-state index contributed by atoms with van der Waals surface area (Å²) < 4.78 is 25.3. The maximum Gasteiger partial charge on any atom is 0.308 e. The van der Waals surface area contributed by atoms with Gasteiger partial charge in [0, 0.05) is 20.6 Å². The zero-order chi connectivity index (χ0) is 22.1. The zero-order valence-electron chi connectivity index (χ0n) is 18.9. The molecule has 2 aromatic rings. The van der Waals surface area contributed by atoms with Gasteiger partial charge in [0.1, 0.15) is 18.5 Å². The van der Waals surface area contributed by atoms with E-state index in [9.17, 15) is 4.79 Å². The van der Waals surface area contributed by atoms with Crippen molar-refractivity contribution in [3.63, 3.8) is 0 Å². The van der Waals surface area contributed by atoms with Crippen LogP contribution in [0.4, 0.5) is 0 Å². The Labute approximate surface area is 175 Å². The summed E-state index contributed by atoms with van der Waals surface area (Å²) in [4.78, 5) is 12.8. The maximum absolute atomic E-state index is 12.8. The lowest BCUT2D eigenvalue weighted by atomic mass is 9.97. The van der Waals surface area contributed by atoms with Gasteiger partial charge in [0.2, 0.25) is 0 Å². The first-order valence-electron chi connectivity index (χ1n) is 10.4. The number of carbonyl (C=O) groups excluding carboxylic acids is 1. The van der Waals surface area contributed by atoms with Gasteiger partial charge >= 0.3 is 5.97 Å². The van der Waals surface area contributed by atoms with E-state index in [0.29, 0.717) is 0 Å². The minimum Gasteiger partial charge on any atom is -0.460 e. The molecule has 5 heteroatoms. The van der Waals surface area contributed by atoms with Gasteiger partial charge in [-0.1, -0.05) is 60.7 Å². The van der Waals surface area contributed by atoms with Crippen LogP contribution in [0.1, 0.15) is 58.7 Å². The summed E-state index contributed by atoms with van der Waals surface area (Å²) in [6, 6.07) is 18.7. The first kappa shape index (κ1) is 21.5. The summed E-state index contributed by atoms with van der Waals surface area (Å²) in [5, 5.41) is 3.44. The molecule has 29 heavy (non-hydrogen) atoms. The van der Waals surface area contributed by atoms with Crippen LogP contribution in [0.3, 0.4) is 0 Å². The van der Waals surface area contributed by atoms with Crippen LogP contribution in [0.25, 0.3) is 0 Å². The Kier molecular flexibility index (Phi) is 8.23. The van der Waals surface area contributed by atoms with Gasteiger partial charge in [-0.15, -0.1) is 0 Å². The van der Waals surface area contributed by atoms with E-state index in [2.05, 4.69) is 5.32 Å². The molecule has 0 heterocycles. The van der Waals surface area contributed by atoms with Crippen molar-refractivity contribution in [1.29, 1.82) is 0 Å².